The Morgan fingerprint density at radius 1 is 1.25 bits per heavy atom. The van der Waals surface area contributed by atoms with Crippen molar-refractivity contribution >= 4 is 17.7 Å². The van der Waals surface area contributed by atoms with Crippen LogP contribution < -0.4 is 16.4 Å². The Hall–Kier alpha value is -1.59. The molecule has 0 bridgehead atoms. The van der Waals surface area contributed by atoms with Crippen LogP contribution in [0.5, 0.6) is 0 Å². The molecule has 0 aliphatic carbocycles. The molecule has 0 aromatic carbocycles. The summed E-state index contributed by atoms with van der Waals surface area (Å²) in [7, 11) is 0. The van der Waals surface area contributed by atoms with Gasteiger partial charge in [0, 0.05) is 19.9 Å². The van der Waals surface area contributed by atoms with Crippen molar-refractivity contribution in [3.63, 3.8) is 0 Å². The van der Waals surface area contributed by atoms with E-state index in [1.807, 2.05) is 0 Å². The average molecular weight is 229 g/mol. The molecule has 0 fully saturated rings. The zero-order valence-corrected chi connectivity index (χ0v) is 9.87. The molecule has 0 aliphatic rings. The van der Waals surface area contributed by atoms with Crippen LogP contribution in [0.2, 0.25) is 0 Å². The summed E-state index contributed by atoms with van der Waals surface area (Å²) in [5.41, 5.74) is 5.14. The maximum atomic E-state index is 11.4. The molecule has 0 heterocycles. The Bertz CT molecular complexity index is 276. The smallest absolute Gasteiger partial charge is 0.240 e. The Morgan fingerprint density at radius 3 is 2.19 bits per heavy atom. The maximum Gasteiger partial charge on any atom is 0.240 e. The number of nitrogens with one attached hydrogen (secondary N) is 2. The summed E-state index contributed by atoms with van der Waals surface area (Å²) in [5, 5.41) is 5.02. The number of hydrogen-bond acceptors (Lipinski definition) is 3. The lowest BCUT2D eigenvalue weighted by Crippen LogP contribution is -2.48. The van der Waals surface area contributed by atoms with Crippen molar-refractivity contribution < 1.29 is 14.4 Å². The first kappa shape index (κ1) is 14.4. The highest BCUT2D eigenvalue weighted by atomic mass is 16.2. The topological polar surface area (TPSA) is 101 Å². The van der Waals surface area contributed by atoms with Crippen molar-refractivity contribution in [2.75, 3.05) is 6.54 Å². The highest BCUT2D eigenvalue weighted by molar-refractivity contribution is 5.87. The Kier molecular flexibility index (Phi) is 6.14. The van der Waals surface area contributed by atoms with Gasteiger partial charge in [0.15, 0.2) is 0 Å². The zero-order chi connectivity index (χ0) is 12.7. The number of carbonyl (C=O) groups excluding carboxylic acids is 3. The SMILES string of the molecule is CC(=O)NCCC(=O)N[C@H](C(N)=O)C(C)C. The van der Waals surface area contributed by atoms with Crippen molar-refractivity contribution in [2.45, 2.75) is 33.2 Å². The highest BCUT2D eigenvalue weighted by Gasteiger charge is 2.21. The van der Waals surface area contributed by atoms with Gasteiger partial charge in [-0.25, -0.2) is 0 Å². The third-order valence-corrected chi connectivity index (χ3v) is 2.02. The summed E-state index contributed by atoms with van der Waals surface area (Å²) in [5.74, 6) is -1.10. The van der Waals surface area contributed by atoms with E-state index in [0.29, 0.717) is 0 Å². The van der Waals surface area contributed by atoms with Gasteiger partial charge >= 0.3 is 0 Å². The molecule has 0 saturated carbocycles. The normalized spacial score (nSPS) is 12.0. The Labute approximate surface area is 94.9 Å². The zero-order valence-electron chi connectivity index (χ0n) is 9.87. The summed E-state index contributed by atoms with van der Waals surface area (Å²) >= 11 is 0. The molecule has 6 heteroatoms. The van der Waals surface area contributed by atoms with E-state index in [2.05, 4.69) is 10.6 Å². The molecule has 0 rings (SSSR count). The quantitative estimate of drug-likeness (QED) is 0.552. The van der Waals surface area contributed by atoms with Crippen LogP contribution in [-0.4, -0.2) is 30.3 Å². The lowest BCUT2D eigenvalue weighted by molar-refractivity contribution is -0.128. The lowest BCUT2D eigenvalue weighted by Gasteiger charge is -2.18. The van der Waals surface area contributed by atoms with Crippen molar-refractivity contribution in [1.82, 2.24) is 10.6 Å². The van der Waals surface area contributed by atoms with E-state index in [1.165, 1.54) is 6.92 Å². The summed E-state index contributed by atoms with van der Waals surface area (Å²) in [6.45, 7) is 5.22. The number of hydrogen-bond donors (Lipinski definition) is 3. The number of rotatable bonds is 6. The van der Waals surface area contributed by atoms with Crippen LogP contribution in [0.25, 0.3) is 0 Å². The van der Waals surface area contributed by atoms with Gasteiger partial charge in [-0.05, 0) is 5.92 Å². The first-order valence-electron chi connectivity index (χ1n) is 5.17. The van der Waals surface area contributed by atoms with Crippen LogP contribution in [0.15, 0.2) is 0 Å². The van der Waals surface area contributed by atoms with E-state index in [4.69, 9.17) is 5.73 Å². The van der Waals surface area contributed by atoms with E-state index in [0.717, 1.165) is 0 Å². The second kappa shape index (κ2) is 6.81. The molecule has 6 nitrogen and oxygen atoms in total. The van der Waals surface area contributed by atoms with Gasteiger partial charge in [-0.2, -0.15) is 0 Å². The number of carbonyl (C=O) groups is 3. The average Bonchev–Trinajstić information content (AvgIpc) is 2.12. The molecular formula is C10H19N3O3. The van der Waals surface area contributed by atoms with Crippen LogP contribution in [0.3, 0.4) is 0 Å². The van der Waals surface area contributed by atoms with Gasteiger partial charge in [0.25, 0.3) is 0 Å². The second-order valence-corrected chi connectivity index (χ2v) is 3.92. The highest BCUT2D eigenvalue weighted by Crippen LogP contribution is 2.00. The van der Waals surface area contributed by atoms with Crippen LogP contribution in [0.1, 0.15) is 27.2 Å². The predicted molar refractivity (Wildman–Crippen MR) is 59.3 cm³/mol. The lowest BCUT2D eigenvalue weighted by atomic mass is 10.0. The molecule has 16 heavy (non-hydrogen) atoms. The summed E-state index contributed by atoms with van der Waals surface area (Å²) in [6, 6.07) is -0.662. The summed E-state index contributed by atoms with van der Waals surface area (Å²) < 4.78 is 0. The molecule has 1 atom stereocenters. The largest absolute Gasteiger partial charge is 0.368 e. The van der Waals surface area contributed by atoms with E-state index in [-0.39, 0.29) is 30.7 Å². The van der Waals surface area contributed by atoms with Crippen LogP contribution >= 0.6 is 0 Å². The van der Waals surface area contributed by atoms with E-state index >= 15 is 0 Å². The summed E-state index contributed by atoms with van der Waals surface area (Å²) in [6.07, 6.45) is 0.135. The minimum atomic E-state index is -0.662. The minimum Gasteiger partial charge on any atom is -0.368 e. The fourth-order valence-electron chi connectivity index (χ4n) is 1.16. The van der Waals surface area contributed by atoms with Crippen molar-refractivity contribution in [3.8, 4) is 0 Å². The summed E-state index contributed by atoms with van der Waals surface area (Å²) in [4.78, 5) is 32.9. The fourth-order valence-corrected chi connectivity index (χ4v) is 1.16. The third-order valence-electron chi connectivity index (χ3n) is 2.02. The molecular weight excluding hydrogens is 210 g/mol. The molecule has 0 saturated heterocycles. The maximum absolute atomic E-state index is 11.4. The first-order valence-corrected chi connectivity index (χ1v) is 5.17. The molecule has 4 N–H and O–H groups in total. The van der Waals surface area contributed by atoms with E-state index in [9.17, 15) is 14.4 Å². The van der Waals surface area contributed by atoms with Gasteiger partial charge in [0.1, 0.15) is 6.04 Å². The van der Waals surface area contributed by atoms with E-state index in [1.54, 1.807) is 13.8 Å². The first-order chi connectivity index (χ1) is 7.34. The van der Waals surface area contributed by atoms with Gasteiger partial charge in [0.2, 0.25) is 17.7 Å². The van der Waals surface area contributed by atoms with Crippen molar-refractivity contribution in [3.05, 3.63) is 0 Å². The van der Waals surface area contributed by atoms with Gasteiger partial charge in [-0.15, -0.1) is 0 Å². The standard InChI is InChI=1S/C10H19N3O3/c1-6(2)9(10(11)16)13-8(15)4-5-12-7(3)14/h6,9H,4-5H2,1-3H3,(H2,11,16)(H,12,14)(H,13,15)/t9-/m0/s1. The van der Waals surface area contributed by atoms with Crippen LogP contribution in [-0.2, 0) is 14.4 Å². The van der Waals surface area contributed by atoms with Crippen LogP contribution in [0.4, 0.5) is 0 Å². The van der Waals surface area contributed by atoms with Gasteiger partial charge in [-0.3, -0.25) is 14.4 Å². The van der Waals surface area contributed by atoms with Crippen molar-refractivity contribution in [2.24, 2.45) is 11.7 Å². The molecule has 0 spiro atoms. The van der Waals surface area contributed by atoms with Gasteiger partial charge in [-0.1, -0.05) is 13.8 Å². The Morgan fingerprint density at radius 2 is 1.81 bits per heavy atom. The number of primary amides is 1. The molecule has 0 aromatic heterocycles. The molecule has 92 valence electrons. The molecule has 0 unspecified atom stereocenters. The van der Waals surface area contributed by atoms with Crippen molar-refractivity contribution in [1.29, 1.82) is 0 Å². The molecule has 3 amide bonds. The predicted octanol–water partition coefficient (Wildman–Crippen LogP) is -0.861. The number of amides is 3. The van der Waals surface area contributed by atoms with Gasteiger partial charge in [0.05, 0.1) is 0 Å². The minimum absolute atomic E-state index is 0.0535. The van der Waals surface area contributed by atoms with Gasteiger partial charge < -0.3 is 16.4 Å². The molecule has 0 aliphatic heterocycles. The van der Waals surface area contributed by atoms with Crippen LogP contribution in [0, 0.1) is 5.92 Å². The molecule has 0 aromatic rings. The number of nitrogens with two attached hydrogens (primary N) is 1. The third kappa shape index (κ3) is 6.00. The fraction of sp³-hybridized carbons (Fsp3) is 0.700. The Balaban J connectivity index is 4.01. The molecule has 0 radical (unpaired) electrons. The monoisotopic (exact) mass is 229 g/mol. The van der Waals surface area contributed by atoms with E-state index < -0.39 is 11.9 Å². The second-order valence-electron chi connectivity index (χ2n) is 3.92.